The summed E-state index contributed by atoms with van der Waals surface area (Å²) in [4.78, 5) is 93.2. The van der Waals surface area contributed by atoms with Crippen molar-refractivity contribution in [1.82, 2.24) is 31.5 Å². The number of rotatable bonds is 19. The second-order valence-corrected chi connectivity index (χ2v) is 15.1. The van der Waals surface area contributed by atoms with Crippen LogP contribution in [0, 0.1) is 0 Å². The minimum absolute atomic E-state index is 0.000767. The molecule has 7 amide bonds. The summed E-state index contributed by atoms with van der Waals surface area (Å²) in [6.45, 7) is 0.208. The molecule has 1 fully saturated rings. The van der Waals surface area contributed by atoms with E-state index in [4.69, 9.17) is 11.5 Å². The first kappa shape index (κ1) is 45.6. The molecular formula is C40H49BrN8O10. The molecular weight excluding hydrogens is 832 g/mol. The van der Waals surface area contributed by atoms with Gasteiger partial charge in [-0.1, -0.05) is 52.3 Å². The number of halogens is 1. The van der Waals surface area contributed by atoms with Crippen molar-refractivity contribution in [3.8, 4) is 11.5 Å². The molecule has 1 aliphatic heterocycles. The Hall–Kier alpha value is -6.05. The molecule has 0 saturated carbocycles. The van der Waals surface area contributed by atoms with Gasteiger partial charge in [-0.3, -0.25) is 33.6 Å². The first-order valence-electron chi connectivity index (χ1n) is 18.8. The van der Waals surface area contributed by atoms with Crippen molar-refractivity contribution in [3.63, 3.8) is 0 Å². The Morgan fingerprint density at radius 1 is 0.729 bits per heavy atom. The van der Waals surface area contributed by atoms with Gasteiger partial charge in [-0.25, -0.2) is 0 Å². The van der Waals surface area contributed by atoms with Crippen molar-refractivity contribution in [2.45, 2.75) is 75.3 Å². The summed E-state index contributed by atoms with van der Waals surface area (Å²) in [5.74, 6) is -5.12. The zero-order chi connectivity index (χ0) is 43.2. The van der Waals surface area contributed by atoms with Crippen LogP contribution in [0.25, 0.3) is 0 Å². The maximum absolute atomic E-state index is 14.0. The van der Waals surface area contributed by atoms with E-state index < -0.39 is 90.8 Å². The van der Waals surface area contributed by atoms with E-state index in [0.29, 0.717) is 23.1 Å². The summed E-state index contributed by atoms with van der Waals surface area (Å²) < 4.78 is 0.778. The number of aliphatic hydroxyl groups is 1. The molecule has 1 saturated heterocycles. The number of phenolic OH excluding ortho intramolecular Hbond substituents is 2. The third-order valence-corrected chi connectivity index (χ3v) is 10.1. The summed E-state index contributed by atoms with van der Waals surface area (Å²) in [7, 11) is 0. The number of amides is 7. The number of carbonyl (C=O) groups excluding carboxylic acids is 7. The number of aliphatic hydroxyl groups excluding tert-OH is 1. The van der Waals surface area contributed by atoms with Crippen LogP contribution < -0.4 is 38.1 Å². The summed E-state index contributed by atoms with van der Waals surface area (Å²) >= 11 is 3.36. The van der Waals surface area contributed by atoms with Gasteiger partial charge < -0.3 is 58.3 Å². The fraction of sp³-hybridized carbons (Fsp3) is 0.375. The van der Waals surface area contributed by atoms with Crippen molar-refractivity contribution in [3.05, 3.63) is 94.0 Å². The number of hydrogen-bond donors (Lipinski definition) is 10. The van der Waals surface area contributed by atoms with Crippen LogP contribution in [0.5, 0.6) is 11.5 Å². The van der Waals surface area contributed by atoms with Crippen LogP contribution in [0.4, 0.5) is 0 Å². The number of hydrogen-bond acceptors (Lipinski definition) is 11. The van der Waals surface area contributed by atoms with Crippen molar-refractivity contribution >= 4 is 57.3 Å². The number of aromatic hydroxyl groups is 2. The number of likely N-dealkylation sites (tertiary alicyclic amines) is 1. The molecule has 0 radical (unpaired) electrons. The molecule has 0 aliphatic carbocycles. The third kappa shape index (κ3) is 13.8. The molecule has 12 N–H and O–H groups in total. The van der Waals surface area contributed by atoms with Gasteiger partial charge in [0.05, 0.1) is 19.2 Å². The molecule has 59 heavy (non-hydrogen) atoms. The second-order valence-electron chi connectivity index (χ2n) is 14.1. The normalized spacial score (nSPS) is 16.1. The average molecular weight is 882 g/mol. The molecule has 316 valence electrons. The zero-order valence-corrected chi connectivity index (χ0v) is 33.8. The quantitative estimate of drug-likeness (QED) is 0.0680. The van der Waals surface area contributed by atoms with Gasteiger partial charge in [0.15, 0.2) is 0 Å². The molecule has 0 bridgehead atoms. The van der Waals surface area contributed by atoms with Crippen LogP contribution in [-0.4, -0.2) is 118 Å². The molecule has 0 spiro atoms. The highest BCUT2D eigenvalue weighted by molar-refractivity contribution is 9.10. The van der Waals surface area contributed by atoms with Crippen molar-refractivity contribution < 1.29 is 48.9 Å². The van der Waals surface area contributed by atoms with Crippen LogP contribution in [0.1, 0.15) is 36.5 Å². The van der Waals surface area contributed by atoms with Crippen molar-refractivity contribution in [1.29, 1.82) is 0 Å². The Balaban J connectivity index is 1.44. The highest BCUT2D eigenvalue weighted by Crippen LogP contribution is 2.21. The van der Waals surface area contributed by atoms with Crippen molar-refractivity contribution in [2.24, 2.45) is 11.5 Å². The van der Waals surface area contributed by atoms with E-state index in [1.807, 2.05) is 0 Å². The van der Waals surface area contributed by atoms with Crippen LogP contribution >= 0.6 is 15.9 Å². The second kappa shape index (κ2) is 21.6. The molecule has 3 aromatic rings. The van der Waals surface area contributed by atoms with Gasteiger partial charge in [-0.05, 0) is 79.3 Å². The molecule has 0 unspecified atom stereocenters. The van der Waals surface area contributed by atoms with Crippen LogP contribution in [0.2, 0.25) is 0 Å². The first-order valence-corrected chi connectivity index (χ1v) is 19.6. The Kier molecular flexibility index (Phi) is 16.7. The molecule has 0 aromatic heterocycles. The summed E-state index contributed by atoms with van der Waals surface area (Å²) in [5.41, 5.74) is 13.2. The number of nitrogens with zero attached hydrogens (tertiary/aromatic N) is 1. The van der Waals surface area contributed by atoms with E-state index in [1.165, 1.54) is 36.1 Å². The van der Waals surface area contributed by atoms with Gasteiger partial charge in [0.1, 0.15) is 41.7 Å². The monoisotopic (exact) mass is 880 g/mol. The number of benzene rings is 3. The Labute approximate surface area is 348 Å². The number of carbonyl (C=O) groups is 7. The lowest BCUT2D eigenvalue weighted by molar-refractivity contribution is -0.142. The lowest BCUT2D eigenvalue weighted by Crippen LogP contribution is -2.58. The topological polar surface area (TPSA) is 296 Å². The van der Waals surface area contributed by atoms with E-state index >= 15 is 0 Å². The molecule has 3 aromatic carbocycles. The number of phenols is 2. The lowest BCUT2D eigenvalue weighted by Gasteiger charge is -2.29. The van der Waals surface area contributed by atoms with Gasteiger partial charge in [0.25, 0.3) is 0 Å². The van der Waals surface area contributed by atoms with Crippen LogP contribution in [0.15, 0.2) is 77.3 Å². The Morgan fingerprint density at radius 2 is 1.27 bits per heavy atom. The Bertz CT molecular complexity index is 1970. The summed E-state index contributed by atoms with van der Waals surface area (Å²) in [6.07, 6.45) is 0.745. The van der Waals surface area contributed by atoms with Gasteiger partial charge >= 0.3 is 0 Å². The van der Waals surface area contributed by atoms with E-state index in [1.54, 1.807) is 48.5 Å². The smallest absolute Gasteiger partial charge is 0.246 e. The van der Waals surface area contributed by atoms with Crippen molar-refractivity contribution in [2.75, 3.05) is 19.7 Å². The van der Waals surface area contributed by atoms with E-state index in [-0.39, 0.29) is 43.7 Å². The molecule has 18 nitrogen and oxygen atoms in total. The molecule has 4 rings (SSSR count). The highest BCUT2D eigenvalue weighted by Gasteiger charge is 2.39. The maximum Gasteiger partial charge on any atom is 0.246 e. The molecule has 1 aliphatic rings. The zero-order valence-electron chi connectivity index (χ0n) is 32.2. The largest absolute Gasteiger partial charge is 0.508 e. The van der Waals surface area contributed by atoms with Crippen LogP contribution in [-0.2, 0) is 52.8 Å². The first-order chi connectivity index (χ1) is 28.0. The number of primary amides is 1. The van der Waals surface area contributed by atoms with E-state index in [9.17, 15) is 48.9 Å². The minimum atomic E-state index is -1.36. The Morgan fingerprint density at radius 3 is 1.83 bits per heavy atom. The number of nitrogens with two attached hydrogens (primary N) is 2. The molecule has 1 heterocycles. The van der Waals surface area contributed by atoms with Crippen LogP contribution in [0.3, 0.4) is 0 Å². The minimum Gasteiger partial charge on any atom is -0.508 e. The predicted molar refractivity (Wildman–Crippen MR) is 217 cm³/mol. The van der Waals surface area contributed by atoms with Gasteiger partial charge in [-0.15, -0.1) is 0 Å². The standard InChI is InChI=1S/C40H49BrN8O10/c1-22(45-37(56)29(42)17-23-6-12-27(51)13-7-23)36(55)47-30(18-24-4-10-26(41)11-5-24)38(57)44-20-34(53)46-31(19-25-8-14-28(52)15-9-25)40(59)49-16-2-3-33(49)39(58)48-32(21-50)35(43)54/h4-15,22,29-33,50-52H,2-3,16-21,42H2,1H3,(H2,43,54)(H,44,57)(H,45,56)(H,46,53)(H,47,55)(H,48,58)/t22-,29+,30+,31+,32+,33+/m1/s1. The number of nitrogens with one attached hydrogen (secondary N) is 5. The van der Waals surface area contributed by atoms with E-state index in [0.717, 1.165) is 4.47 Å². The SMILES string of the molecule is C[C@@H](NC(=O)[C@@H](N)Cc1ccc(O)cc1)C(=O)N[C@@H](Cc1ccc(Br)cc1)C(=O)NCC(=O)N[C@@H](Cc1ccc(O)cc1)C(=O)N1CCC[C@H]1C(=O)N[C@@H](CO)C(N)=O. The maximum atomic E-state index is 14.0. The van der Waals surface area contributed by atoms with Gasteiger partial charge in [-0.2, -0.15) is 0 Å². The summed E-state index contributed by atoms with van der Waals surface area (Å²) in [6, 6.07) is 12.1. The highest BCUT2D eigenvalue weighted by atomic mass is 79.9. The summed E-state index contributed by atoms with van der Waals surface area (Å²) in [5, 5.41) is 41.4. The molecule has 6 atom stereocenters. The fourth-order valence-corrected chi connectivity index (χ4v) is 6.57. The fourth-order valence-electron chi connectivity index (χ4n) is 6.31. The van der Waals surface area contributed by atoms with Gasteiger partial charge in [0.2, 0.25) is 41.4 Å². The molecule has 19 heteroatoms. The lowest BCUT2D eigenvalue weighted by atomic mass is 10.0. The average Bonchev–Trinajstić information content (AvgIpc) is 3.71. The third-order valence-electron chi connectivity index (χ3n) is 9.58. The van der Waals surface area contributed by atoms with Gasteiger partial charge in [0, 0.05) is 23.9 Å². The van der Waals surface area contributed by atoms with E-state index in [2.05, 4.69) is 42.5 Å². The predicted octanol–water partition coefficient (Wildman–Crippen LogP) is -1.24.